The monoisotopic (exact) mass is 341 g/mol. The number of carbonyl (C=O) groups excluding carboxylic acids is 1. The Balaban J connectivity index is 2.51. The number of carbonyl (C=O) groups is 1. The van der Waals surface area contributed by atoms with E-state index in [2.05, 4.69) is 42.0 Å². The number of rotatable bonds is 7. The molecule has 0 saturated carbocycles. The first-order valence-corrected chi connectivity index (χ1v) is 7.92. The van der Waals surface area contributed by atoms with Crippen LogP contribution in [0.4, 0.5) is 0 Å². The predicted octanol–water partition coefficient (Wildman–Crippen LogP) is 4.49. The summed E-state index contributed by atoms with van der Waals surface area (Å²) >= 11 is 3.20. The minimum Gasteiger partial charge on any atom is -0.507 e. The Kier molecular flexibility index (Phi) is 6.53. The van der Waals surface area contributed by atoms with Gasteiger partial charge in [-0.25, -0.2) is 0 Å². The molecule has 0 aliphatic rings. The molecule has 2 N–H and O–H groups in total. The number of aromatic hydroxyl groups is 1. The van der Waals surface area contributed by atoms with Gasteiger partial charge in [-0.1, -0.05) is 40.0 Å². The highest BCUT2D eigenvalue weighted by molar-refractivity contribution is 9.10. The molecular formula is C16H24BrNO2. The lowest BCUT2D eigenvalue weighted by molar-refractivity contribution is 0.0933. The van der Waals surface area contributed by atoms with E-state index in [0.29, 0.717) is 16.6 Å². The number of hydrogen-bond donors (Lipinski definition) is 2. The quantitative estimate of drug-likeness (QED) is 0.717. The standard InChI is InChI=1S/C16H24BrNO2/c1-4-5-6-9-16(2,3)11-18-15(20)12-7-8-13(17)14(19)10-12/h7-8,10,19H,4-6,9,11H2,1-3H3,(H,18,20). The van der Waals surface area contributed by atoms with Crippen LogP contribution in [-0.2, 0) is 0 Å². The van der Waals surface area contributed by atoms with Crippen molar-refractivity contribution in [3.8, 4) is 5.75 Å². The molecule has 20 heavy (non-hydrogen) atoms. The Hall–Kier alpha value is -1.03. The van der Waals surface area contributed by atoms with Crippen LogP contribution in [0.15, 0.2) is 22.7 Å². The molecule has 0 unspecified atom stereocenters. The van der Waals surface area contributed by atoms with Gasteiger partial charge in [0.2, 0.25) is 0 Å². The fourth-order valence-electron chi connectivity index (χ4n) is 2.02. The molecule has 0 aliphatic heterocycles. The number of unbranched alkanes of at least 4 members (excludes halogenated alkanes) is 2. The van der Waals surface area contributed by atoms with E-state index >= 15 is 0 Å². The molecule has 0 aromatic heterocycles. The van der Waals surface area contributed by atoms with Crippen LogP contribution < -0.4 is 5.32 Å². The van der Waals surface area contributed by atoms with Gasteiger partial charge in [-0.3, -0.25) is 4.79 Å². The third kappa shape index (κ3) is 5.53. The average Bonchev–Trinajstić information content (AvgIpc) is 2.39. The van der Waals surface area contributed by atoms with Gasteiger partial charge < -0.3 is 10.4 Å². The second kappa shape index (κ2) is 7.67. The van der Waals surface area contributed by atoms with Crippen LogP contribution in [0.1, 0.15) is 56.8 Å². The zero-order valence-electron chi connectivity index (χ0n) is 12.5. The van der Waals surface area contributed by atoms with Crippen molar-refractivity contribution in [3.05, 3.63) is 28.2 Å². The Morgan fingerprint density at radius 3 is 2.65 bits per heavy atom. The zero-order valence-corrected chi connectivity index (χ0v) is 14.1. The van der Waals surface area contributed by atoms with Crippen molar-refractivity contribution in [1.29, 1.82) is 0 Å². The van der Waals surface area contributed by atoms with Crippen molar-refractivity contribution in [3.63, 3.8) is 0 Å². The van der Waals surface area contributed by atoms with E-state index in [0.717, 1.165) is 6.42 Å². The van der Waals surface area contributed by atoms with Crippen LogP contribution in [0.3, 0.4) is 0 Å². The van der Waals surface area contributed by atoms with Gasteiger partial charge in [0.05, 0.1) is 4.47 Å². The first kappa shape index (κ1) is 17.0. The summed E-state index contributed by atoms with van der Waals surface area (Å²) in [5.74, 6) is -0.0591. The number of phenolic OH excluding ortho intramolecular Hbond substituents is 1. The molecule has 3 nitrogen and oxygen atoms in total. The lowest BCUT2D eigenvalue weighted by Gasteiger charge is -2.25. The first-order chi connectivity index (χ1) is 9.35. The summed E-state index contributed by atoms with van der Waals surface area (Å²) in [6.07, 6.45) is 4.74. The maximum atomic E-state index is 12.0. The van der Waals surface area contributed by atoms with Gasteiger partial charge in [-0.2, -0.15) is 0 Å². The molecule has 1 amide bonds. The smallest absolute Gasteiger partial charge is 0.251 e. The number of nitrogens with one attached hydrogen (secondary N) is 1. The lowest BCUT2D eigenvalue weighted by Crippen LogP contribution is -2.34. The Morgan fingerprint density at radius 2 is 2.05 bits per heavy atom. The number of hydrogen-bond acceptors (Lipinski definition) is 2. The van der Waals surface area contributed by atoms with Crippen LogP contribution in [0, 0.1) is 5.41 Å². The number of phenols is 1. The third-order valence-corrected chi connectivity index (χ3v) is 4.06. The van der Waals surface area contributed by atoms with Crippen LogP contribution in [0.5, 0.6) is 5.75 Å². The highest BCUT2D eigenvalue weighted by Crippen LogP contribution is 2.25. The Bertz CT molecular complexity index is 458. The summed E-state index contributed by atoms with van der Waals surface area (Å²) in [5.41, 5.74) is 0.581. The molecule has 0 bridgehead atoms. The molecule has 1 rings (SSSR count). The number of benzene rings is 1. The molecule has 0 heterocycles. The Morgan fingerprint density at radius 1 is 1.35 bits per heavy atom. The second-order valence-corrected chi connectivity index (χ2v) is 6.82. The van der Waals surface area contributed by atoms with Crippen LogP contribution >= 0.6 is 15.9 Å². The van der Waals surface area contributed by atoms with Gasteiger partial charge in [0, 0.05) is 12.1 Å². The fraction of sp³-hybridized carbons (Fsp3) is 0.562. The van der Waals surface area contributed by atoms with E-state index in [9.17, 15) is 9.90 Å². The molecule has 1 aromatic carbocycles. The second-order valence-electron chi connectivity index (χ2n) is 5.97. The summed E-state index contributed by atoms with van der Waals surface area (Å²) in [6, 6.07) is 4.85. The minimum atomic E-state index is -0.142. The topological polar surface area (TPSA) is 49.3 Å². The zero-order chi connectivity index (χ0) is 15.2. The predicted molar refractivity (Wildman–Crippen MR) is 86.1 cm³/mol. The van der Waals surface area contributed by atoms with Gasteiger partial charge in [0.15, 0.2) is 0 Å². The van der Waals surface area contributed by atoms with Crippen LogP contribution in [-0.4, -0.2) is 17.6 Å². The van der Waals surface area contributed by atoms with E-state index in [1.54, 1.807) is 12.1 Å². The van der Waals surface area contributed by atoms with Crippen molar-refractivity contribution in [2.24, 2.45) is 5.41 Å². The number of halogens is 1. The minimum absolute atomic E-state index is 0.0832. The molecule has 0 spiro atoms. The lowest BCUT2D eigenvalue weighted by atomic mass is 9.87. The Labute approximate surface area is 129 Å². The van der Waals surface area contributed by atoms with Crippen LogP contribution in [0.25, 0.3) is 0 Å². The number of amides is 1. The molecule has 0 fully saturated rings. The van der Waals surface area contributed by atoms with E-state index in [4.69, 9.17) is 0 Å². The molecule has 0 atom stereocenters. The van der Waals surface area contributed by atoms with E-state index < -0.39 is 0 Å². The van der Waals surface area contributed by atoms with Crippen LogP contribution in [0.2, 0.25) is 0 Å². The van der Waals surface area contributed by atoms with Gasteiger partial charge in [-0.15, -0.1) is 0 Å². The summed E-state index contributed by atoms with van der Waals surface area (Å²) < 4.78 is 0.592. The summed E-state index contributed by atoms with van der Waals surface area (Å²) in [7, 11) is 0. The normalized spacial score (nSPS) is 11.4. The van der Waals surface area contributed by atoms with Crippen molar-refractivity contribution >= 4 is 21.8 Å². The average molecular weight is 342 g/mol. The van der Waals surface area contributed by atoms with E-state index in [-0.39, 0.29) is 17.1 Å². The highest BCUT2D eigenvalue weighted by Gasteiger charge is 2.19. The van der Waals surface area contributed by atoms with E-state index in [1.807, 2.05) is 0 Å². The molecular weight excluding hydrogens is 318 g/mol. The summed E-state index contributed by atoms with van der Waals surface area (Å²) in [6.45, 7) is 7.17. The molecule has 0 aliphatic carbocycles. The van der Waals surface area contributed by atoms with Gasteiger partial charge in [0.25, 0.3) is 5.91 Å². The van der Waals surface area contributed by atoms with Gasteiger partial charge in [-0.05, 0) is 46.0 Å². The highest BCUT2D eigenvalue weighted by atomic mass is 79.9. The van der Waals surface area contributed by atoms with E-state index in [1.165, 1.54) is 25.3 Å². The maximum absolute atomic E-state index is 12.0. The SMILES string of the molecule is CCCCCC(C)(C)CNC(=O)c1ccc(Br)c(O)c1. The molecule has 1 aromatic rings. The van der Waals surface area contributed by atoms with Crippen molar-refractivity contribution in [2.45, 2.75) is 46.5 Å². The largest absolute Gasteiger partial charge is 0.507 e. The van der Waals surface area contributed by atoms with Crippen molar-refractivity contribution < 1.29 is 9.90 Å². The molecule has 4 heteroatoms. The van der Waals surface area contributed by atoms with Gasteiger partial charge in [0.1, 0.15) is 5.75 Å². The van der Waals surface area contributed by atoms with Crippen molar-refractivity contribution in [1.82, 2.24) is 5.32 Å². The molecule has 112 valence electrons. The molecule has 0 saturated heterocycles. The van der Waals surface area contributed by atoms with Crippen molar-refractivity contribution in [2.75, 3.05) is 6.54 Å². The first-order valence-electron chi connectivity index (χ1n) is 7.12. The summed E-state index contributed by atoms with van der Waals surface area (Å²) in [4.78, 5) is 12.0. The molecule has 0 radical (unpaired) electrons. The summed E-state index contributed by atoms with van der Waals surface area (Å²) in [5, 5.41) is 12.5. The maximum Gasteiger partial charge on any atom is 0.251 e. The third-order valence-electron chi connectivity index (χ3n) is 3.39. The van der Waals surface area contributed by atoms with Gasteiger partial charge >= 0.3 is 0 Å². The fourth-order valence-corrected chi connectivity index (χ4v) is 2.26.